The smallest absolute Gasteiger partial charge is 0.253 e. The van der Waals surface area contributed by atoms with Gasteiger partial charge in [-0.3, -0.25) is 9.89 Å². The Balaban J connectivity index is 2.12. The number of benzene rings is 1. The van der Waals surface area contributed by atoms with Crippen LogP contribution in [-0.4, -0.2) is 21.1 Å². The molecule has 0 aliphatic rings. The van der Waals surface area contributed by atoms with Gasteiger partial charge in [-0.1, -0.05) is 11.6 Å². The van der Waals surface area contributed by atoms with Crippen molar-refractivity contribution < 1.29 is 4.79 Å². The first-order chi connectivity index (χ1) is 8.58. The minimum absolute atomic E-state index is 0.282. The highest BCUT2D eigenvalue weighted by atomic mass is 35.5. The minimum Gasteiger partial charge on any atom is -0.398 e. The standard InChI is InChI=1S/C11H12ClN5O/c1-6(10-14-5-15-17-10)16-11(18)8-3-2-7(12)4-9(8)13/h2-6H,13H2,1H3,(H,16,18)(H,14,15,17). The molecule has 0 bridgehead atoms. The van der Waals surface area contributed by atoms with Crippen molar-refractivity contribution in [2.45, 2.75) is 13.0 Å². The molecule has 0 radical (unpaired) electrons. The van der Waals surface area contributed by atoms with Gasteiger partial charge in [0.2, 0.25) is 0 Å². The number of carbonyl (C=O) groups excluding carboxylic acids is 1. The van der Waals surface area contributed by atoms with Crippen LogP contribution < -0.4 is 11.1 Å². The van der Waals surface area contributed by atoms with Crippen LogP contribution in [0.1, 0.15) is 29.1 Å². The van der Waals surface area contributed by atoms with E-state index in [1.165, 1.54) is 12.4 Å². The second-order valence-corrected chi connectivity index (χ2v) is 4.23. The van der Waals surface area contributed by atoms with E-state index in [4.69, 9.17) is 17.3 Å². The Kier molecular flexibility index (Phi) is 3.47. The van der Waals surface area contributed by atoms with E-state index >= 15 is 0 Å². The number of hydrogen-bond donors (Lipinski definition) is 3. The van der Waals surface area contributed by atoms with Gasteiger partial charge in [0, 0.05) is 10.7 Å². The van der Waals surface area contributed by atoms with Gasteiger partial charge < -0.3 is 11.1 Å². The molecule has 2 rings (SSSR count). The van der Waals surface area contributed by atoms with Crippen LogP contribution >= 0.6 is 11.6 Å². The van der Waals surface area contributed by atoms with Gasteiger partial charge in [-0.15, -0.1) is 0 Å². The highest BCUT2D eigenvalue weighted by Gasteiger charge is 2.15. The lowest BCUT2D eigenvalue weighted by atomic mass is 10.1. The lowest BCUT2D eigenvalue weighted by Crippen LogP contribution is -2.28. The first-order valence-corrected chi connectivity index (χ1v) is 5.67. The summed E-state index contributed by atoms with van der Waals surface area (Å²) in [5.74, 6) is 0.295. The van der Waals surface area contributed by atoms with E-state index in [1.807, 2.05) is 0 Å². The van der Waals surface area contributed by atoms with E-state index in [-0.39, 0.29) is 11.9 Å². The maximum absolute atomic E-state index is 12.0. The number of anilines is 1. The largest absolute Gasteiger partial charge is 0.398 e. The topological polar surface area (TPSA) is 96.7 Å². The van der Waals surface area contributed by atoms with E-state index in [2.05, 4.69) is 20.5 Å². The van der Waals surface area contributed by atoms with Gasteiger partial charge in [-0.2, -0.15) is 5.10 Å². The van der Waals surface area contributed by atoms with Crippen LogP contribution in [0.2, 0.25) is 5.02 Å². The molecule has 7 heteroatoms. The predicted molar refractivity (Wildman–Crippen MR) is 68.1 cm³/mol. The summed E-state index contributed by atoms with van der Waals surface area (Å²) in [5, 5.41) is 9.67. The highest BCUT2D eigenvalue weighted by Crippen LogP contribution is 2.18. The van der Waals surface area contributed by atoms with Gasteiger partial charge >= 0.3 is 0 Å². The molecule has 0 saturated carbocycles. The molecule has 2 aromatic rings. The molecule has 94 valence electrons. The molecule has 1 heterocycles. The van der Waals surface area contributed by atoms with Gasteiger partial charge in [-0.25, -0.2) is 4.98 Å². The fourth-order valence-corrected chi connectivity index (χ4v) is 1.69. The number of aromatic nitrogens is 3. The third-order valence-electron chi connectivity index (χ3n) is 2.45. The number of nitrogens with zero attached hydrogens (tertiary/aromatic N) is 2. The van der Waals surface area contributed by atoms with Gasteiger partial charge in [0.25, 0.3) is 5.91 Å². The summed E-state index contributed by atoms with van der Waals surface area (Å²) in [6, 6.07) is 4.46. The fourth-order valence-electron chi connectivity index (χ4n) is 1.51. The maximum Gasteiger partial charge on any atom is 0.253 e. The van der Waals surface area contributed by atoms with Crippen LogP contribution in [0.4, 0.5) is 5.69 Å². The molecule has 1 aromatic carbocycles. The van der Waals surface area contributed by atoms with Crippen LogP contribution in [0.5, 0.6) is 0 Å². The summed E-state index contributed by atoms with van der Waals surface area (Å²) < 4.78 is 0. The molecular formula is C11H12ClN5O. The third-order valence-corrected chi connectivity index (χ3v) is 2.68. The number of nitrogen functional groups attached to an aromatic ring is 1. The second kappa shape index (κ2) is 5.05. The Morgan fingerprint density at radius 1 is 1.56 bits per heavy atom. The van der Waals surface area contributed by atoms with Crippen LogP contribution in [-0.2, 0) is 0 Å². The Bertz CT molecular complexity index is 555. The molecule has 0 aliphatic heterocycles. The average molecular weight is 266 g/mol. The first kappa shape index (κ1) is 12.4. The van der Waals surface area contributed by atoms with Crippen LogP contribution in [0, 0.1) is 0 Å². The summed E-state index contributed by atoms with van der Waals surface area (Å²) in [6.45, 7) is 1.80. The molecule has 1 aromatic heterocycles. The summed E-state index contributed by atoms with van der Waals surface area (Å²) in [6.07, 6.45) is 1.38. The zero-order valence-electron chi connectivity index (χ0n) is 9.64. The lowest BCUT2D eigenvalue weighted by molar-refractivity contribution is 0.0939. The molecule has 0 saturated heterocycles. The average Bonchev–Trinajstić information content (AvgIpc) is 2.81. The summed E-state index contributed by atoms with van der Waals surface area (Å²) in [5.41, 5.74) is 6.45. The van der Waals surface area contributed by atoms with Crippen LogP contribution in [0.15, 0.2) is 24.5 Å². The van der Waals surface area contributed by atoms with E-state index in [1.54, 1.807) is 19.1 Å². The summed E-state index contributed by atoms with van der Waals surface area (Å²) in [4.78, 5) is 16.0. The van der Waals surface area contributed by atoms with E-state index in [9.17, 15) is 4.79 Å². The number of nitrogens with two attached hydrogens (primary N) is 1. The molecule has 6 nitrogen and oxygen atoms in total. The second-order valence-electron chi connectivity index (χ2n) is 3.80. The van der Waals surface area contributed by atoms with E-state index in [0.717, 1.165) is 0 Å². The number of carbonyl (C=O) groups is 1. The summed E-state index contributed by atoms with van der Waals surface area (Å²) in [7, 11) is 0. The summed E-state index contributed by atoms with van der Waals surface area (Å²) >= 11 is 5.77. The van der Waals surface area contributed by atoms with Gasteiger partial charge in [0.1, 0.15) is 12.2 Å². The molecule has 1 unspecified atom stereocenters. The molecular weight excluding hydrogens is 254 g/mol. The number of rotatable bonds is 3. The minimum atomic E-state index is -0.284. The Morgan fingerprint density at radius 3 is 2.94 bits per heavy atom. The monoisotopic (exact) mass is 265 g/mol. The molecule has 0 spiro atoms. The zero-order chi connectivity index (χ0) is 13.1. The van der Waals surface area contributed by atoms with Gasteiger partial charge in [-0.05, 0) is 25.1 Å². The zero-order valence-corrected chi connectivity index (χ0v) is 10.4. The Hall–Kier alpha value is -2.08. The molecule has 1 atom stereocenters. The van der Waals surface area contributed by atoms with Crippen LogP contribution in [0.25, 0.3) is 0 Å². The normalized spacial score (nSPS) is 12.1. The first-order valence-electron chi connectivity index (χ1n) is 5.29. The van der Waals surface area contributed by atoms with Crippen molar-refractivity contribution in [3.63, 3.8) is 0 Å². The van der Waals surface area contributed by atoms with E-state index < -0.39 is 0 Å². The number of halogens is 1. The van der Waals surface area contributed by atoms with Crippen molar-refractivity contribution in [3.8, 4) is 0 Å². The number of aromatic amines is 1. The van der Waals surface area contributed by atoms with Crippen molar-refractivity contribution in [1.29, 1.82) is 0 Å². The molecule has 18 heavy (non-hydrogen) atoms. The SMILES string of the molecule is CC(NC(=O)c1ccc(Cl)cc1N)c1ncn[nH]1. The predicted octanol–water partition coefficient (Wildman–Crippen LogP) is 1.53. The van der Waals surface area contributed by atoms with Crippen molar-refractivity contribution >= 4 is 23.2 Å². The molecule has 0 aliphatic carbocycles. The molecule has 1 amide bonds. The van der Waals surface area contributed by atoms with Crippen molar-refractivity contribution in [1.82, 2.24) is 20.5 Å². The van der Waals surface area contributed by atoms with Crippen LogP contribution in [0.3, 0.4) is 0 Å². The quantitative estimate of drug-likeness (QED) is 0.733. The molecule has 0 fully saturated rings. The van der Waals surface area contributed by atoms with Crippen molar-refractivity contribution in [2.24, 2.45) is 0 Å². The fraction of sp³-hybridized carbons (Fsp3) is 0.182. The number of amides is 1. The number of hydrogen-bond acceptors (Lipinski definition) is 4. The van der Waals surface area contributed by atoms with Gasteiger partial charge in [0.05, 0.1) is 11.6 Å². The third kappa shape index (κ3) is 2.60. The number of H-pyrrole nitrogens is 1. The van der Waals surface area contributed by atoms with E-state index in [0.29, 0.717) is 22.1 Å². The molecule has 4 N–H and O–H groups in total. The highest BCUT2D eigenvalue weighted by molar-refractivity contribution is 6.31. The Morgan fingerprint density at radius 2 is 2.33 bits per heavy atom. The maximum atomic E-state index is 12.0. The van der Waals surface area contributed by atoms with Gasteiger partial charge in [0.15, 0.2) is 0 Å². The van der Waals surface area contributed by atoms with Crippen molar-refractivity contribution in [2.75, 3.05) is 5.73 Å². The number of nitrogens with one attached hydrogen (secondary N) is 2. The lowest BCUT2D eigenvalue weighted by Gasteiger charge is -2.12. The Labute approximate surface area is 109 Å². The van der Waals surface area contributed by atoms with Crippen molar-refractivity contribution in [3.05, 3.63) is 40.9 Å².